The fourth-order valence-electron chi connectivity index (χ4n) is 4.60. The van der Waals surface area contributed by atoms with Crippen LogP contribution < -0.4 is 0 Å². The lowest BCUT2D eigenvalue weighted by molar-refractivity contribution is -0.149. The monoisotopic (exact) mass is 226 g/mol. The highest BCUT2D eigenvalue weighted by Crippen LogP contribution is 2.60. The average molecular weight is 227 g/mol. The third-order valence-corrected chi connectivity index (χ3v) is 4.87. The number of hydrogen-bond donors (Lipinski definition) is 0. The van der Waals surface area contributed by atoms with E-state index in [4.69, 9.17) is 11.6 Å². The third kappa shape index (κ3) is 1.37. The van der Waals surface area contributed by atoms with Crippen LogP contribution in [0.1, 0.15) is 38.5 Å². The fraction of sp³-hybridized carbons (Fsp3) is 0.833. The second-order valence-electron chi connectivity index (χ2n) is 5.80. The molecule has 4 fully saturated rings. The van der Waals surface area contributed by atoms with E-state index in [-0.39, 0.29) is 11.2 Å². The Morgan fingerprint density at radius 3 is 1.67 bits per heavy atom. The van der Waals surface area contributed by atoms with Crippen molar-refractivity contribution in [2.75, 3.05) is 0 Å². The standard InChI is InChI=1S/C12H15ClO2/c13-11(15)10(14)12-4-7-1-8(5-12)3-9(2-7)6-12/h7-9H,1-6H2. The SMILES string of the molecule is O=C(Cl)C(=O)C12CC3CC(CC(C3)C1)C2. The van der Waals surface area contributed by atoms with Gasteiger partial charge in [0, 0.05) is 5.41 Å². The summed E-state index contributed by atoms with van der Waals surface area (Å²) in [6.07, 6.45) is 6.62. The predicted molar refractivity (Wildman–Crippen MR) is 56.5 cm³/mol. The summed E-state index contributed by atoms with van der Waals surface area (Å²) >= 11 is 5.38. The lowest BCUT2D eigenvalue weighted by atomic mass is 9.48. The first-order chi connectivity index (χ1) is 7.09. The summed E-state index contributed by atoms with van der Waals surface area (Å²) in [6, 6.07) is 0. The van der Waals surface area contributed by atoms with E-state index in [0.29, 0.717) is 17.8 Å². The van der Waals surface area contributed by atoms with Crippen molar-refractivity contribution in [3.05, 3.63) is 0 Å². The van der Waals surface area contributed by atoms with Crippen LogP contribution >= 0.6 is 11.6 Å². The van der Waals surface area contributed by atoms with E-state index in [1.165, 1.54) is 19.3 Å². The molecule has 4 bridgehead atoms. The summed E-state index contributed by atoms with van der Waals surface area (Å²) in [5, 5.41) is -0.739. The second-order valence-corrected chi connectivity index (χ2v) is 6.14. The Hall–Kier alpha value is -0.370. The maximum atomic E-state index is 11.9. The number of carbonyl (C=O) groups is 2. The van der Waals surface area contributed by atoms with Crippen molar-refractivity contribution in [1.82, 2.24) is 0 Å². The van der Waals surface area contributed by atoms with Crippen LogP contribution in [-0.2, 0) is 9.59 Å². The molecule has 0 heterocycles. The van der Waals surface area contributed by atoms with Gasteiger partial charge < -0.3 is 0 Å². The van der Waals surface area contributed by atoms with Crippen LogP contribution in [0.4, 0.5) is 0 Å². The van der Waals surface area contributed by atoms with Crippen LogP contribution in [0.5, 0.6) is 0 Å². The van der Waals surface area contributed by atoms with E-state index in [1.807, 2.05) is 0 Å². The van der Waals surface area contributed by atoms with Crippen molar-refractivity contribution in [2.45, 2.75) is 38.5 Å². The molecule has 4 saturated carbocycles. The highest BCUT2D eigenvalue weighted by atomic mass is 35.5. The van der Waals surface area contributed by atoms with Crippen LogP contribution in [-0.4, -0.2) is 11.0 Å². The van der Waals surface area contributed by atoms with Gasteiger partial charge in [0.1, 0.15) is 0 Å². The Kier molecular flexibility index (Phi) is 2.01. The molecule has 0 aromatic rings. The van der Waals surface area contributed by atoms with E-state index in [0.717, 1.165) is 19.3 Å². The third-order valence-electron chi connectivity index (χ3n) is 4.70. The quantitative estimate of drug-likeness (QED) is 0.536. The average Bonchev–Trinajstić information content (AvgIpc) is 2.14. The van der Waals surface area contributed by atoms with Crippen molar-refractivity contribution in [2.24, 2.45) is 23.2 Å². The molecule has 0 unspecified atom stereocenters. The van der Waals surface area contributed by atoms with Gasteiger partial charge in [-0.1, -0.05) is 0 Å². The van der Waals surface area contributed by atoms with E-state index < -0.39 is 5.24 Å². The van der Waals surface area contributed by atoms with Crippen LogP contribution in [0.2, 0.25) is 0 Å². The van der Waals surface area contributed by atoms with Gasteiger partial charge in [-0.25, -0.2) is 0 Å². The maximum absolute atomic E-state index is 11.9. The molecule has 4 rings (SSSR count). The van der Waals surface area contributed by atoms with Gasteiger partial charge in [-0.15, -0.1) is 0 Å². The van der Waals surface area contributed by atoms with Crippen LogP contribution in [0.25, 0.3) is 0 Å². The van der Waals surface area contributed by atoms with Crippen molar-refractivity contribution in [3.8, 4) is 0 Å². The molecule has 0 atom stereocenters. The van der Waals surface area contributed by atoms with Gasteiger partial charge in [-0.2, -0.15) is 0 Å². The molecule has 15 heavy (non-hydrogen) atoms. The number of carbonyl (C=O) groups excluding carboxylic acids is 2. The number of hydrogen-bond acceptors (Lipinski definition) is 2. The zero-order chi connectivity index (χ0) is 10.6. The molecule has 0 aromatic carbocycles. The van der Waals surface area contributed by atoms with Crippen LogP contribution in [0.15, 0.2) is 0 Å². The summed E-state index contributed by atoms with van der Waals surface area (Å²) in [4.78, 5) is 23.0. The summed E-state index contributed by atoms with van der Waals surface area (Å²) in [5.74, 6) is 1.78. The molecule has 0 spiro atoms. The minimum Gasteiger partial charge on any atom is -0.289 e. The lowest BCUT2D eigenvalue weighted by Crippen LogP contribution is -2.51. The Bertz CT molecular complexity index is 299. The van der Waals surface area contributed by atoms with E-state index >= 15 is 0 Å². The first kappa shape index (κ1) is 9.83. The highest BCUT2D eigenvalue weighted by molar-refractivity contribution is 6.81. The number of Topliss-reactive ketones (excluding diaryl/α,β-unsaturated/α-hetero) is 1. The fourth-order valence-corrected chi connectivity index (χ4v) is 4.80. The van der Waals surface area contributed by atoms with Gasteiger partial charge in [-0.05, 0) is 67.9 Å². The molecule has 0 aliphatic heterocycles. The first-order valence-electron chi connectivity index (χ1n) is 5.83. The Morgan fingerprint density at radius 1 is 0.933 bits per heavy atom. The van der Waals surface area contributed by atoms with Gasteiger partial charge in [0.05, 0.1) is 0 Å². The molecule has 0 N–H and O–H groups in total. The van der Waals surface area contributed by atoms with Crippen molar-refractivity contribution in [3.63, 3.8) is 0 Å². The molecule has 3 heteroatoms. The molecule has 4 aliphatic carbocycles. The van der Waals surface area contributed by atoms with Gasteiger partial charge >= 0.3 is 0 Å². The predicted octanol–water partition coefficient (Wildman–Crippen LogP) is 2.54. The summed E-state index contributed by atoms with van der Waals surface area (Å²) in [7, 11) is 0. The first-order valence-corrected chi connectivity index (χ1v) is 6.21. The summed E-state index contributed by atoms with van der Waals surface area (Å²) in [6.45, 7) is 0. The largest absolute Gasteiger partial charge is 0.289 e. The molecular formula is C12H15ClO2. The molecule has 4 aliphatic rings. The van der Waals surface area contributed by atoms with E-state index in [2.05, 4.69) is 0 Å². The van der Waals surface area contributed by atoms with Gasteiger partial charge in [0.2, 0.25) is 5.78 Å². The molecular weight excluding hydrogens is 212 g/mol. The Labute approximate surface area is 94.4 Å². The number of halogens is 1. The zero-order valence-electron chi connectivity index (χ0n) is 8.67. The molecule has 82 valence electrons. The van der Waals surface area contributed by atoms with Gasteiger partial charge in [0.15, 0.2) is 0 Å². The van der Waals surface area contributed by atoms with Crippen LogP contribution in [0, 0.1) is 23.2 Å². The molecule has 2 nitrogen and oxygen atoms in total. The zero-order valence-corrected chi connectivity index (χ0v) is 9.43. The highest BCUT2D eigenvalue weighted by Gasteiger charge is 2.55. The summed E-state index contributed by atoms with van der Waals surface area (Å²) < 4.78 is 0. The summed E-state index contributed by atoms with van der Waals surface area (Å²) in [5.41, 5.74) is -0.340. The Morgan fingerprint density at radius 2 is 1.33 bits per heavy atom. The van der Waals surface area contributed by atoms with Crippen molar-refractivity contribution >= 4 is 22.6 Å². The van der Waals surface area contributed by atoms with Crippen molar-refractivity contribution < 1.29 is 9.59 Å². The minimum atomic E-state index is -0.739. The Balaban J connectivity index is 1.93. The topological polar surface area (TPSA) is 34.1 Å². The molecule has 0 amide bonds. The van der Waals surface area contributed by atoms with Gasteiger partial charge in [0.25, 0.3) is 5.24 Å². The molecule has 0 saturated heterocycles. The smallest absolute Gasteiger partial charge is 0.288 e. The number of rotatable bonds is 2. The van der Waals surface area contributed by atoms with Gasteiger partial charge in [-0.3, -0.25) is 9.59 Å². The molecule has 0 aromatic heterocycles. The molecule has 0 radical (unpaired) electrons. The maximum Gasteiger partial charge on any atom is 0.288 e. The normalized spacial score (nSPS) is 46.9. The van der Waals surface area contributed by atoms with Crippen LogP contribution in [0.3, 0.4) is 0 Å². The number of ketones is 1. The van der Waals surface area contributed by atoms with Crippen molar-refractivity contribution in [1.29, 1.82) is 0 Å². The van der Waals surface area contributed by atoms with E-state index in [1.54, 1.807) is 0 Å². The second kappa shape index (κ2) is 3.07. The van der Waals surface area contributed by atoms with E-state index in [9.17, 15) is 9.59 Å². The minimum absolute atomic E-state index is 0.289. The lowest BCUT2D eigenvalue weighted by Gasteiger charge is -2.55.